The van der Waals surface area contributed by atoms with Crippen LogP contribution in [0.3, 0.4) is 0 Å². The van der Waals surface area contributed by atoms with E-state index in [2.05, 4.69) is 0 Å². The van der Waals surface area contributed by atoms with E-state index in [4.69, 9.17) is 24.2 Å². The van der Waals surface area contributed by atoms with Gasteiger partial charge in [0.15, 0.2) is 11.5 Å². The van der Waals surface area contributed by atoms with E-state index >= 15 is 0 Å². The predicted octanol–water partition coefficient (Wildman–Crippen LogP) is 4.97. The highest BCUT2D eigenvalue weighted by Crippen LogP contribution is 2.31. The first-order valence-electron chi connectivity index (χ1n) is 11.4. The lowest BCUT2D eigenvalue weighted by Crippen LogP contribution is -2.28. The molecule has 3 aromatic carbocycles. The van der Waals surface area contributed by atoms with Crippen molar-refractivity contribution in [3.05, 3.63) is 89.5 Å². The molecule has 0 radical (unpaired) electrons. The molecule has 8 nitrogen and oxygen atoms in total. The number of carboxylic acid groups (broad SMARTS) is 1. The van der Waals surface area contributed by atoms with Gasteiger partial charge in [-0.05, 0) is 41.0 Å². The van der Waals surface area contributed by atoms with E-state index in [1.54, 1.807) is 43.5 Å². The number of likely N-dealkylation sites (N-methyl/N-ethyl adjacent to an activating group) is 1. The number of ether oxygens (including phenoxy) is 3. The molecule has 3 rings (SSSR count). The minimum absolute atomic E-state index is 0.108. The Balaban J connectivity index is 1.63. The molecule has 0 aromatic heterocycles. The van der Waals surface area contributed by atoms with Crippen molar-refractivity contribution in [2.75, 3.05) is 27.9 Å². The van der Waals surface area contributed by atoms with Gasteiger partial charge in [0.25, 0.3) is 0 Å². The van der Waals surface area contributed by atoms with Gasteiger partial charge in [0.05, 0.1) is 38.7 Å². The van der Waals surface area contributed by atoms with Crippen molar-refractivity contribution in [3.8, 4) is 23.3 Å². The minimum atomic E-state index is -1.01. The van der Waals surface area contributed by atoms with E-state index in [1.165, 1.54) is 0 Å². The lowest BCUT2D eigenvalue weighted by molar-refractivity contribution is -0.150. The average Bonchev–Trinajstić information content (AvgIpc) is 2.91. The molecule has 0 heterocycles. The van der Waals surface area contributed by atoms with Crippen LogP contribution in [-0.4, -0.2) is 44.0 Å². The Labute approximate surface area is 211 Å². The second kappa shape index (κ2) is 13.1. The van der Waals surface area contributed by atoms with Crippen molar-refractivity contribution >= 4 is 5.97 Å². The summed E-state index contributed by atoms with van der Waals surface area (Å²) in [6, 6.07) is 24.4. The predicted molar refractivity (Wildman–Crippen MR) is 134 cm³/mol. The molecule has 0 aliphatic heterocycles. The maximum Gasteiger partial charge on any atom is 0.305 e. The Morgan fingerprint density at radius 1 is 0.972 bits per heavy atom. The number of nitrogens with zero attached hydrogens (tertiary/aromatic N) is 2. The van der Waals surface area contributed by atoms with Gasteiger partial charge in [-0.1, -0.05) is 48.5 Å². The second-order valence-electron chi connectivity index (χ2n) is 8.09. The Morgan fingerprint density at radius 2 is 1.69 bits per heavy atom. The number of carbonyl (C=O) groups is 1. The third kappa shape index (κ3) is 7.22. The third-order valence-corrected chi connectivity index (χ3v) is 5.76. The molecule has 2 unspecified atom stereocenters. The SMILES string of the molecule is COc1cc(COc2ccc(C(C#N)CC(=O)O)cc2)ccc1OCC(c1ccccc1)N(C)OC. The molecule has 3 aromatic rings. The number of hydrogen-bond donors (Lipinski definition) is 1. The Kier molecular flexibility index (Phi) is 9.69. The molecular weight excluding hydrogens is 460 g/mol. The Hall–Kier alpha value is -4.06. The monoisotopic (exact) mass is 490 g/mol. The molecule has 188 valence electrons. The zero-order chi connectivity index (χ0) is 25.9. The minimum Gasteiger partial charge on any atom is -0.493 e. The zero-order valence-electron chi connectivity index (χ0n) is 20.6. The molecule has 0 spiro atoms. The Morgan fingerprint density at radius 3 is 2.31 bits per heavy atom. The molecule has 36 heavy (non-hydrogen) atoms. The van der Waals surface area contributed by atoms with Crippen LogP contribution in [0, 0.1) is 11.3 Å². The number of methoxy groups -OCH3 is 1. The first-order chi connectivity index (χ1) is 17.4. The van der Waals surface area contributed by atoms with Crippen molar-refractivity contribution < 1.29 is 28.9 Å². The van der Waals surface area contributed by atoms with E-state index in [-0.39, 0.29) is 12.5 Å². The first kappa shape index (κ1) is 26.5. The lowest BCUT2D eigenvalue weighted by atomic mass is 9.97. The van der Waals surface area contributed by atoms with E-state index in [0.29, 0.717) is 36.0 Å². The van der Waals surface area contributed by atoms with Gasteiger partial charge < -0.3 is 24.2 Å². The summed E-state index contributed by atoms with van der Waals surface area (Å²) < 4.78 is 17.5. The molecule has 0 amide bonds. The van der Waals surface area contributed by atoms with Crippen molar-refractivity contribution in [3.63, 3.8) is 0 Å². The number of nitriles is 1. The highest BCUT2D eigenvalue weighted by Gasteiger charge is 2.19. The van der Waals surface area contributed by atoms with E-state index in [9.17, 15) is 10.1 Å². The summed E-state index contributed by atoms with van der Waals surface area (Å²) in [5, 5.41) is 19.9. The van der Waals surface area contributed by atoms with E-state index in [1.807, 2.05) is 61.6 Å². The number of hydroxylamine groups is 2. The van der Waals surface area contributed by atoms with Gasteiger partial charge >= 0.3 is 5.97 Å². The van der Waals surface area contributed by atoms with Crippen molar-refractivity contribution in [2.24, 2.45) is 0 Å². The number of carboxylic acids is 1. The molecule has 0 saturated carbocycles. The highest BCUT2D eigenvalue weighted by molar-refractivity contribution is 5.68. The van der Waals surface area contributed by atoms with Crippen LogP contribution in [0.15, 0.2) is 72.8 Å². The number of benzene rings is 3. The van der Waals surface area contributed by atoms with E-state index in [0.717, 1.165) is 11.1 Å². The summed E-state index contributed by atoms with van der Waals surface area (Å²) in [6.45, 7) is 0.657. The number of aliphatic carboxylic acids is 1. The van der Waals surface area contributed by atoms with Gasteiger partial charge in [0.2, 0.25) is 0 Å². The summed E-state index contributed by atoms with van der Waals surface area (Å²) in [5.74, 6) is 0.0994. The summed E-state index contributed by atoms with van der Waals surface area (Å²) in [4.78, 5) is 16.3. The molecule has 0 aliphatic rings. The fraction of sp³-hybridized carbons (Fsp3) is 0.286. The fourth-order valence-corrected chi connectivity index (χ4v) is 3.68. The van der Waals surface area contributed by atoms with Gasteiger partial charge in [-0.2, -0.15) is 10.3 Å². The topological polar surface area (TPSA) is 101 Å². The second-order valence-corrected chi connectivity index (χ2v) is 8.09. The van der Waals surface area contributed by atoms with Gasteiger partial charge in [-0.3, -0.25) is 4.79 Å². The van der Waals surface area contributed by atoms with Crippen LogP contribution in [0.25, 0.3) is 0 Å². The Bertz CT molecular complexity index is 1160. The molecular formula is C28H30N2O6. The molecule has 2 atom stereocenters. The maximum absolute atomic E-state index is 10.9. The normalized spacial score (nSPS) is 12.4. The van der Waals surface area contributed by atoms with Crippen LogP contribution in [-0.2, 0) is 16.2 Å². The summed E-state index contributed by atoms with van der Waals surface area (Å²) in [6.07, 6.45) is -0.237. The van der Waals surface area contributed by atoms with Crippen LogP contribution in [0.1, 0.15) is 35.1 Å². The van der Waals surface area contributed by atoms with E-state index < -0.39 is 11.9 Å². The summed E-state index contributed by atoms with van der Waals surface area (Å²) in [7, 11) is 5.07. The van der Waals surface area contributed by atoms with Crippen molar-refractivity contribution in [1.82, 2.24) is 5.06 Å². The first-order valence-corrected chi connectivity index (χ1v) is 11.4. The van der Waals surface area contributed by atoms with Gasteiger partial charge in [0, 0.05) is 7.05 Å². The lowest BCUT2D eigenvalue weighted by Gasteiger charge is -2.26. The maximum atomic E-state index is 10.9. The number of hydrogen-bond acceptors (Lipinski definition) is 7. The summed E-state index contributed by atoms with van der Waals surface area (Å²) in [5.41, 5.74) is 2.60. The van der Waals surface area contributed by atoms with Gasteiger partial charge in [0.1, 0.15) is 19.0 Å². The van der Waals surface area contributed by atoms with Crippen molar-refractivity contribution in [1.29, 1.82) is 5.26 Å². The molecule has 0 fully saturated rings. The van der Waals surface area contributed by atoms with Crippen LogP contribution in [0.2, 0.25) is 0 Å². The van der Waals surface area contributed by atoms with Crippen LogP contribution < -0.4 is 14.2 Å². The van der Waals surface area contributed by atoms with Crippen LogP contribution in [0.5, 0.6) is 17.2 Å². The van der Waals surface area contributed by atoms with Crippen LogP contribution in [0.4, 0.5) is 0 Å². The van der Waals surface area contributed by atoms with Gasteiger partial charge in [-0.25, -0.2) is 0 Å². The fourth-order valence-electron chi connectivity index (χ4n) is 3.68. The quantitative estimate of drug-likeness (QED) is 0.335. The van der Waals surface area contributed by atoms with Gasteiger partial charge in [-0.15, -0.1) is 0 Å². The molecule has 0 saturated heterocycles. The standard InChI is InChI=1S/C28H30N2O6/c1-30(34-3)25(22-7-5-4-6-8-22)19-36-26-14-9-20(15-27(26)33-2)18-35-24-12-10-21(11-13-24)23(17-29)16-28(31)32/h4-15,23,25H,16,18-19H2,1-3H3,(H,31,32). The zero-order valence-corrected chi connectivity index (χ0v) is 20.6. The third-order valence-electron chi connectivity index (χ3n) is 5.76. The average molecular weight is 491 g/mol. The largest absolute Gasteiger partial charge is 0.493 e. The molecule has 0 aliphatic carbocycles. The highest BCUT2D eigenvalue weighted by atomic mass is 16.7. The summed E-state index contributed by atoms with van der Waals surface area (Å²) >= 11 is 0. The van der Waals surface area contributed by atoms with Crippen molar-refractivity contribution in [2.45, 2.75) is 25.0 Å². The molecule has 8 heteroatoms. The number of rotatable bonds is 13. The van der Waals surface area contributed by atoms with Crippen LogP contribution >= 0.6 is 0 Å². The molecule has 0 bridgehead atoms. The smallest absolute Gasteiger partial charge is 0.305 e. The molecule has 1 N–H and O–H groups in total.